The van der Waals surface area contributed by atoms with Gasteiger partial charge in [0.05, 0.1) is 12.1 Å². The number of nitrogens with zero attached hydrogens (tertiary/aromatic N) is 1. The number of carbonyl (C=O) groups is 2. The van der Waals surface area contributed by atoms with E-state index < -0.39 is 12.1 Å². The van der Waals surface area contributed by atoms with Crippen LogP contribution in [-0.2, 0) is 9.47 Å². The van der Waals surface area contributed by atoms with Gasteiger partial charge in [0, 0.05) is 5.54 Å². The maximum atomic E-state index is 11.8. The van der Waals surface area contributed by atoms with Crippen LogP contribution in [0.3, 0.4) is 0 Å². The highest BCUT2D eigenvalue weighted by Gasteiger charge is 2.38. The SMILES string of the molecule is CC(C)(C)N1CC(COC(=O)c2ccccc2)OC1=O. The third-order valence-electron chi connectivity index (χ3n) is 3.09. The molecule has 1 fully saturated rings. The summed E-state index contributed by atoms with van der Waals surface area (Å²) in [7, 11) is 0. The Morgan fingerprint density at radius 2 is 2.00 bits per heavy atom. The zero-order valence-electron chi connectivity index (χ0n) is 12.0. The molecule has 108 valence electrons. The Labute approximate surface area is 118 Å². The molecule has 1 aromatic carbocycles. The van der Waals surface area contributed by atoms with Crippen molar-refractivity contribution >= 4 is 12.1 Å². The summed E-state index contributed by atoms with van der Waals surface area (Å²) in [5.41, 5.74) is 0.194. The van der Waals surface area contributed by atoms with E-state index in [0.29, 0.717) is 12.1 Å². The summed E-state index contributed by atoms with van der Waals surface area (Å²) >= 11 is 0. The Hall–Kier alpha value is -2.04. The van der Waals surface area contributed by atoms with Gasteiger partial charge in [-0.25, -0.2) is 9.59 Å². The quantitative estimate of drug-likeness (QED) is 0.796. The number of esters is 1. The molecule has 1 aliphatic rings. The molecule has 0 radical (unpaired) electrons. The van der Waals surface area contributed by atoms with Crippen LogP contribution in [0.5, 0.6) is 0 Å². The number of ether oxygens (including phenoxy) is 2. The average molecular weight is 277 g/mol. The highest BCUT2D eigenvalue weighted by atomic mass is 16.6. The predicted octanol–water partition coefficient (Wildman–Crippen LogP) is 2.46. The maximum absolute atomic E-state index is 11.8. The molecule has 5 nitrogen and oxygen atoms in total. The summed E-state index contributed by atoms with van der Waals surface area (Å²) in [5, 5.41) is 0. The van der Waals surface area contributed by atoms with E-state index in [9.17, 15) is 9.59 Å². The molecule has 0 bridgehead atoms. The molecule has 0 aliphatic carbocycles. The lowest BCUT2D eigenvalue weighted by Gasteiger charge is -2.29. The molecule has 0 aromatic heterocycles. The summed E-state index contributed by atoms with van der Waals surface area (Å²) in [6, 6.07) is 8.74. The van der Waals surface area contributed by atoms with Gasteiger partial charge in [-0.1, -0.05) is 18.2 Å². The Balaban J connectivity index is 1.87. The second kappa shape index (κ2) is 5.53. The molecule has 0 saturated carbocycles. The Bertz CT molecular complexity index is 492. The number of rotatable bonds is 3. The van der Waals surface area contributed by atoms with Crippen molar-refractivity contribution in [3.8, 4) is 0 Å². The average Bonchev–Trinajstić information content (AvgIpc) is 2.78. The first-order valence-corrected chi connectivity index (χ1v) is 6.58. The number of cyclic esters (lactones) is 1. The third kappa shape index (κ3) is 3.29. The van der Waals surface area contributed by atoms with Crippen LogP contribution in [0.1, 0.15) is 31.1 Å². The second-order valence-corrected chi connectivity index (χ2v) is 5.75. The number of amides is 1. The Kier molecular flexibility index (Phi) is 3.97. The van der Waals surface area contributed by atoms with Crippen molar-refractivity contribution in [2.24, 2.45) is 0 Å². The van der Waals surface area contributed by atoms with Crippen LogP contribution in [0, 0.1) is 0 Å². The molecule has 5 heteroatoms. The minimum atomic E-state index is -0.408. The first kappa shape index (κ1) is 14.4. The number of benzene rings is 1. The van der Waals surface area contributed by atoms with Gasteiger partial charge in [-0.3, -0.25) is 4.90 Å². The van der Waals surface area contributed by atoms with Crippen LogP contribution in [0.2, 0.25) is 0 Å². The van der Waals surface area contributed by atoms with Gasteiger partial charge >= 0.3 is 12.1 Å². The van der Waals surface area contributed by atoms with Crippen molar-refractivity contribution in [2.45, 2.75) is 32.4 Å². The van der Waals surface area contributed by atoms with Gasteiger partial charge in [0.15, 0.2) is 6.10 Å². The number of hydrogen-bond donors (Lipinski definition) is 0. The fourth-order valence-corrected chi connectivity index (χ4v) is 1.98. The smallest absolute Gasteiger partial charge is 0.410 e. The predicted molar refractivity (Wildman–Crippen MR) is 73.5 cm³/mol. The molecule has 1 atom stereocenters. The van der Waals surface area contributed by atoms with E-state index >= 15 is 0 Å². The Morgan fingerprint density at radius 3 is 2.55 bits per heavy atom. The number of carbonyl (C=O) groups excluding carboxylic acids is 2. The normalized spacial score (nSPS) is 18.9. The largest absolute Gasteiger partial charge is 0.458 e. The van der Waals surface area contributed by atoms with Crippen LogP contribution in [0.25, 0.3) is 0 Å². The lowest BCUT2D eigenvalue weighted by Crippen LogP contribution is -2.42. The summed E-state index contributed by atoms with van der Waals surface area (Å²) < 4.78 is 10.4. The third-order valence-corrected chi connectivity index (χ3v) is 3.09. The van der Waals surface area contributed by atoms with Crippen LogP contribution in [0.15, 0.2) is 30.3 Å². The molecule has 1 amide bonds. The summed E-state index contributed by atoms with van der Waals surface area (Å²) in [6.07, 6.45) is -0.771. The van der Waals surface area contributed by atoms with Gasteiger partial charge < -0.3 is 9.47 Å². The van der Waals surface area contributed by atoms with Gasteiger partial charge in [-0.15, -0.1) is 0 Å². The standard InChI is InChI=1S/C15H19NO4/c1-15(2,3)16-9-12(20-14(16)18)10-19-13(17)11-7-5-4-6-8-11/h4-8,12H,9-10H2,1-3H3. The maximum Gasteiger partial charge on any atom is 0.410 e. The van der Waals surface area contributed by atoms with E-state index in [1.807, 2.05) is 26.8 Å². The van der Waals surface area contributed by atoms with Crippen LogP contribution in [0.4, 0.5) is 4.79 Å². The van der Waals surface area contributed by atoms with E-state index in [1.165, 1.54) is 0 Å². The molecular weight excluding hydrogens is 258 g/mol. The summed E-state index contributed by atoms with van der Waals surface area (Å²) in [4.78, 5) is 25.1. The van der Waals surface area contributed by atoms with Gasteiger partial charge in [0.25, 0.3) is 0 Å². The molecule has 1 unspecified atom stereocenters. The van der Waals surface area contributed by atoms with Crippen LogP contribution < -0.4 is 0 Å². The highest BCUT2D eigenvalue weighted by molar-refractivity contribution is 5.89. The van der Waals surface area contributed by atoms with Gasteiger partial charge in [0.2, 0.25) is 0 Å². The van der Waals surface area contributed by atoms with E-state index in [-0.39, 0.29) is 18.2 Å². The molecule has 20 heavy (non-hydrogen) atoms. The molecule has 2 rings (SSSR count). The first-order valence-electron chi connectivity index (χ1n) is 6.58. The van der Waals surface area contributed by atoms with E-state index in [0.717, 1.165) is 0 Å². The van der Waals surface area contributed by atoms with Gasteiger partial charge in [-0.05, 0) is 32.9 Å². The fourth-order valence-electron chi connectivity index (χ4n) is 1.98. The van der Waals surface area contributed by atoms with Gasteiger partial charge in [-0.2, -0.15) is 0 Å². The van der Waals surface area contributed by atoms with Crippen LogP contribution in [-0.4, -0.2) is 41.8 Å². The minimum Gasteiger partial charge on any atom is -0.458 e. The molecule has 1 saturated heterocycles. The van der Waals surface area contributed by atoms with Gasteiger partial charge in [0.1, 0.15) is 6.61 Å². The first-order chi connectivity index (χ1) is 9.38. The van der Waals surface area contributed by atoms with Crippen molar-refractivity contribution in [1.82, 2.24) is 4.90 Å². The van der Waals surface area contributed by atoms with Crippen molar-refractivity contribution < 1.29 is 19.1 Å². The summed E-state index contributed by atoms with van der Waals surface area (Å²) in [6.45, 7) is 6.32. The molecule has 1 heterocycles. The van der Waals surface area contributed by atoms with Crippen molar-refractivity contribution in [1.29, 1.82) is 0 Å². The van der Waals surface area contributed by atoms with Crippen molar-refractivity contribution in [3.63, 3.8) is 0 Å². The molecule has 0 spiro atoms. The lowest BCUT2D eigenvalue weighted by molar-refractivity contribution is 0.0300. The fraction of sp³-hybridized carbons (Fsp3) is 0.467. The molecule has 1 aliphatic heterocycles. The zero-order valence-corrected chi connectivity index (χ0v) is 12.0. The molecule has 1 aromatic rings. The molecular formula is C15H19NO4. The zero-order chi connectivity index (χ0) is 14.8. The minimum absolute atomic E-state index is 0.0754. The Morgan fingerprint density at radius 1 is 1.35 bits per heavy atom. The van der Waals surface area contributed by atoms with E-state index in [4.69, 9.17) is 9.47 Å². The van der Waals surface area contributed by atoms with E-state index in [1.54, 1.807) is 29.2 Å². The molecule has 0 N–H and O–H groups in total. The topological polar surface area (TPSA) is 55.8 Å². The monoisotopic (exact) mass is 277 g/mol. The number of hydrogen-bond acceptors (Lipinski definition) is 4. The summed E-state index contributed by atoms with van der Waals surface area (Å²) in [5.74, 6) is -0.407. The van der Waals surface area contributed by atoms with Crippen molar-refractivity contribution in [2.75, 3.05) is 13.2 Å². The lowest BCUT2D eigenvalue weighted by atomic mass is 10.1. The highest BCUT2D eigenvalue weighted by Crippen LogP contribution is 2.22. The van der Waals surface area contributed by atoms with E-state index in [2.05, 4.69) is 0 Å². The van der Waals surface area contributed by atoms with Crippen molar-refractivity contribution in [3.05, 3.63) is 35.9 Å². The van der Waals surface area contributed by atoms with Crippen LogP contribution >= 0.6 is 0 Å². The second-order valence-electron chi connectivity index (χ2n) is 5.75.